The molecule has 0 aliphatic heterocycles. The first-order valence-electron chi connectivity index (χ1n) is 6.43. The molecule has 3 heteroatoms. The lowest BCUT2D eigenvalue weighted by Crippen LogP contribution is -2.24. The molecule has 0 aromatic heterocycles. The fraction of sp³-hybridized carbons (Fsp3) is 0.250. The Hall–Kier alpha value is -1.67. The molecule has 0 heterocycles. The van der Waals surface area contributed by atoms with Crippen LogP contribution in [0.4, 0.5) is 11.4 Å². The van der Waals surface area contributed by atoms with E-state index in [0.29, 0.717) is 0 Å². The molecule has 0 fully saturated rings. The summed E-state index contributed by atoms with van der Waals surface area (Å²) >= 11 is 6.10. The topological polar surface area (TPSA) is 15.3 Å². The third-order valence-electron chi connectivity index (χ3n) is 3.11. The zero-order chi connectivity index (χ0) is 13.7. The minimum atomic E-state index is 0.764. The quantitative estimate of drug-likeness (QED) is 0.879. The van der Waals surface area contributed by atoms with E-state index < -0.39 is 0 Å². The molecule has 0 saturated heterocycles. The molecular weight excluding hydrogens is 256 g/mol. The maximum absolute atomic E-state index is 6.10. The fourth-order valence-corrected chi connectivity index (χ4v) is 2.09. The maximum atomic E-state index is 6.10. The van der Waals surface area contributed by atoms with Gasteiger partial charge in [0.2, 0.25) is 0 Å². The lowest BCUT2D eigenvalue weighted by molar-refractivity contribution is 0.914. The van der Waals surface area contributed by atoms with Gasteiger partial charge in [-0.3, -0.25) is 0 Å². The van der Waals surface area contributed by atoms with Crippen molar-refractivity contribution < 1.29 is 0 Å². The van der Waals surface area contributed by atoms with Crippen LogP contribution in [0.15, 0.2) is 48.5 Å². The first kappa shape index (κ1) is 13.8. The van der Waals surface area contributed by atoms with Crippen molar-refractivity contribution in [3.05, 3.63) is 59.1 Å². The highest BCUT2D eigenvalue weighted by Gasteiger charge is 2.01. The number of para-hydroxylation sites is 1. The molecule has 0 bridgehead atoms. The van der Waals surface area contributed by atoms with Crippen LogP contribution in [-0.2, 0) is 0 Å². The number of anilines is 2. The Morgan fingerprint density at radius 3 is 2.42 bits per heavy atom. The van der Waals surface area contributed by atoms with Crippen LogP contribution in [-0.4, -0.2) is 20.1 Å². The van der Waals surface area contributed by atoms with Gasteiger partial charge in [-0.15, -0.1) is 0 Å². The smallest absolute Gasteiger partial charge is 0.0637 e. The van der Waals surface area contributed by atoms with Gasteiger partial charge in [-0.2, -0.15) is 0 Å². The van der Waals surface area contributed by atoms with Crippen LogP contribution >= 0.6 is 11.6 Å². The van der Waals surface area contributed by atoms with Gasteiger partial charge < -0.3 is 10.2 Å². The molecule has 0 aliphatic carbocycles. The number of benzene rings is 2. The normalized spacial score (nSPS) is 10.3. The van der Waals surface area contributed by atoms with Gasteiger partial charge in [-0.05, 0) is 31.2 Å². The summed E-state index contributed by atoms with van der Waals surface area (Å²) in [7, 11) is 2.10. The van der Waals surface area contributed by atoms with Crippen LogP contribution in [0.3, 0.4) is 0 Å². The molecule has 2 rings (SSSR count). The molecule has 2 nitrogen and oxygen atoms in total. The van der Waals surface area contributed by atoms with Gasteiger partial charge in [0.15, 0.2) is 0 Å². The van der Waals surface area contributed by atoms with E-state index in [1.165, 1.54) is 11.3 Å². The van der Waals surface area contributed by atoms with E-state index in [0.717, 1.165) is 23.8 Å². The lowest BCUT2D eigenvalue weighted by atomic mass is 10.2. The third-order valence-corrected chi connectivity index (χ3v) is 3.44. The van der Waals surface area contributed by atoms with E-state index in [9.17, 15) is 0 Å². The number of hydrogen-bond donors (Lipinski definition) is 1. The van der Waals surface area contributed by atoms with E-state index in [2.05, 4.69) is 48.5 Å². The summed E-state index contributed by atoms with van der Waals surface area (Å²) in [6.45, 7) is 3.88. The first-order valence-corrected chi connectivity index (χ1v) is 6.81. The molecule has 0 amide bonds. The summed E-state index contributed by atoms with van der Waals surface area (Å²) in [6.07, 6.45) is 0. The van der Waals surface area contributed by atoms with Crippen LogP contribution < -0.4 is 10.2 Å². The van der Waals surface area contributed by atoms with Crippen LogP contribution in [0.1, 0.15) is 5.56 Å². The van der Waals surface area contributed by atoms with Gasteiger partial charge in [-0.1, -0.05) is 41.4 Å². The Labute approximate surface area is 120 Å². The second-order valence-electron chi connectivity index (χ2n) is 4.66. The van der Waals surface area contributed by atoms with Crippen LogP contribution in [0.5, 0.6) is 0 Å². The molecule has 100 valence electrons. The highest BCUT2D eigenvalue weighted by atomic mass is 35.5. The number of aryl methyl sites for hydroxylation is 1. The van der Waals surface area contributed by atoms with Crippen LogP contribution in [0.2, 0.25) is 5.02 Å². The van der Waals surface area contributed by atoms with Gasteiger partial charge in [0, 0.05) is 25.8 Å². The summed E-state index contributed by atoms with van der Waals surface area (Å²) in [6, 6.07) is 16.4. The lowest BCUT2D eigenvalue weighted by Gasteiger charge is -2.20. The molecule has 1 N–H and O–H groups in total. The highest BCUT2D eigenvalue weighted by molar-refractivity contribution is 6.33. The number of nitrogens with one attached hydrogen (secondary N) is 1. The molecule has 2 aromatic rings. The summed E-state index contributed by atoms with van der Waals surface area (Å²) in [5, 5.41) is 4.12. The zero-order valence-electron chi connectivity index (χ0n) is 11.4. The van der Waals surface area contributed by atoms with E-state index in [1.54, 1.807) is 0 Å². The van der Waals surface area contributed by atoms with Crippen molar-refractivity contribution in [2.24, 2.45) is 0 Å². The summed E-state index contributed by atoms with van der Waals surface area (Å²) in [5.74, 6) is 0. The molecule has 0 unspecified atom stereocenters. The van der Waals surface area contributed by atoms with Gasteiger partial charge >= 0.3 is 0 Å². The van der Waals surface area contributed by atoms with E-state index in [-0.39, 0.29) is 0 Å². The van der Waals surface area contributed by atoms with Gasteiger partial charge in [0.05, 0.1) is 10.7 Å². The molecule has 0 saturated carbocycles. The van der Waals surface area contributed by atoms with Crippen molar-refractivity contribution >= 4 is 23.0 Å². The third kappa shape index (κ3) is 3.90. The van der Waals surface area contributed by atoms with E-state index in [4.69, 9.17) is 11.6 Å². The number of halogens is 1. The first-order chi connectivity index (χ1) is 9.16. The number of hydrogen-bond acceptors (Lipinski definition) is 2. The highest BCUT2D eigenvalue weighted by Crippen LogP contribution is 2.20. The van der Waals surface area contributed by atoms with Gasteiger partial charge in [0.25, 0.3) is 0 Å². The van der Waals surface area contributed by atoms with Crippen LogP contribution in [0, 0.1) is 6.92 Å². The van der Waals surface area contributed by atoms with Crippen molar-refractivity contribution in [2.45, 2.75) is 6.92 Å². The minimum Gasteiger partial charge on any atom is -0.382 e. The van der Waals surface area contributed by atoms with Crippen molar-refractivity contribution in [1.82, 2.24) is 0 Å². The zero-order valence-corrected chi connectivity index (χ0v) is 12.1. The standard InChI is InChI=1S/C16H19ClN2/c1-13-7-9-14(10-8-13)19(2)12-11-18-16-6-4-3-5-15(16)17/h3-10,18H,11-12H2,1-2H3. The molecule has 0 radical (unpaired) electrons. The number of nitrogens with zero attached hydrogens (tertiary/aromatic N) is 1. The molecular formula is C16H19ClN2. The predicted octanol–water partition coefficient (Wildman–Crippen LogP) is 4.20. The van der Waals surface area contributed by atoms with Crippen molar-refractivity contribution in [3.63, 3.8) is 0 Å². The molecule has 19 heavy (non-hydrogen) atoms. The molecule has 0 spiro atoms. The van der Waals surface area contributed by atoms with E-state index >= 15 is 0 Å². The Morgan fingerprint density at radius 1 is 1.05 bits per heavy atom. The number of likely N-dealkylation sites (N-methyl/N-ethyl adjacent to an activating group) is 1. The van der Waals surface area contributed by atoms with Crippen LogP contribution in [0.25, 0.3) is 0 Å². The van der Waals surface area contributed by atoms with E-state index in [1.807, 2.05) is 24.3 Å². The predicted molar refractivity (Wildman–Crippen MR) is 84.4 cm³/mol. The second-order valence-corrected chi connectivity index (χ2v) is 5.07. The molecule has 0 aliphatic rings. The second kappa shape index (κ2) is 6.48. The molecule has 2 aromatic carbocycles. The maximum Gasteiger partial charge on any atom is 0.0637 e. The summed E-state index contributed by atoms with van der Waals surface area (Å²) < 4.78 is 0. The van der Waals surface area contributed by atoms with Crippen molar-refractivity contribution in [1.29, 1.82) is 0 Å². The minimum absolute atomic E-state index is 0.764. The Kier molecular flexibility index (Phi) is 4.69. The monoisotopic (exact) mass is 274 g/mol. The van der Waals surface area contributed by atoms with Gasteiger partial charge in [-0.25, -0.2) is 0 Å². The summed E-state index contributed by atoms with van der Waals surface area (Å²) in [5.41, 5.74) is 3.50. The summed E-state index contributed by atoms with van der Waals surface area (Å²) in [4.78, 5) is 2.23. The van der Waals surface area contributed by atoms with Crippen molar-refractivity contribution in [3.8, 4) is 0 Å². The average Bonchev–Trinajstić information content (AvgIpc) is 2.41. The van der Waals surface area contributed by atoms with Gasteiger partial charge in [0.1, 0.15) is 0 Å². The average molecular weight is 275 g/mol. The Bertz CT molecular complexity index is 523. The molecule has 0 atom stereocenters. The number of rotatable bonds is 5. The van der Waals surface area contributed by atoms with Crippen molar-refractivity contribution in [2.75, 3.05) is 30.4 Å². The SMILES string of the molecule is Cc1ccc(N(C)CCNc2ccccc2Cl)cc1. The Balaban J connectivity index is 1.86. The fourth-order valence-electron chi connectivity index (χ4n) is 1.89. The largest absolute Gasteiger partial charge is 0.382 e. The Morgan fingerprint density at radius 2 is 1.74 bits per heavy atom.